The number of amides is 1. The van der Waals surface area contributed by atoms with Gasteiger partial charge in [-0.15, -0.1) is 0 Å². The van der Waals surface area contributed by atoms with Gasteiger partial charge >= 0.3 is 0 Å². The lowest BCUT2D eigenvalue weighted by atomic mass is 10.1. The number of amidine groups is 1. The van der Waals surface area contributed by atoms with E-state index in [9.17, 15) is 4.79 Å². The Bertz CT molecular complexity index is 1140. The molecule has 0 spiro atoms. The first-order valence-corrected chi connectivity index (χ1v) is 10.5. The van der Waals surface area contributed by atoms with Gasteiger partial charge in [-0.3, -0.25) is 10.2 Å². The second-order valence-electron chi connectivity index (χ2n) is 7.62. The van der Waals surface area contributed by atoms with Crippen LogP contribution in [0.3, 0.4) is 0 Å². The summed E-state index contributed by atoms with van der Waals surface area (Å²) in [4.78, 5) is 17.5. The highest BCUT2D eigenvalue weighted by atomic mass is 16.5. The Balaban J connectivity index is 1.70. The van der Waals surface area contributed by atoms with Crippen molar-refractivity contribution in [3.8, 4) is 22.8 Å². The zero-order chi connectivity index (χ0) is 22.7. The number of ether oxygens (including phenoxy) is 1. The molecule has 2 N–H and O–H groups in total. The molecule has 2 heterocycles. The van der Waals surface area contributed by atoms with Crippen LogP contribution in [-0.2, 0) is 4.79 Å². The monoisotopic (exact) mass is 430 g/mol. The number of likely N-dealkylation sites (tertiary alicyclic amines) is 1. The summed E-state index contributed by atoms with van der Waals surface area (Å²) in [6.07, 6.45) is 0.799. The van der Waals surface area contributed by atoms with E-state index in [0.29, 0.717) is 35.9 Å². The van der Waals surface area contributed by atoms with Gasteiger partial charge in [-0.25, -0.2) is 9.67 Å². The van der Waals surface area contributed by atoms with Gasteiger partial charge in [0.25, 0.3) is 0 Å². The molecule has 3 aromatic rings. The number of aliphatic imine (C=N–C) groups is 1. The molecule has 2 aromatic carbocycles. The van der Waals surface area contributed by atoms with E-state index in [-0.39, 0.29) is 17.8 Å². The molecule has 8 nitrogen and oxygen atoms in total. The van der Waals surface area contributed by atoms with Crippen molar-refractivity contribution in [3.63, 3.8) is 0 Å². The summed E-state index contributed by atoms with van der Waals surface area (Å²) in [5.74, 6) is 2.26. The SMILES string of the molecule is C=NC(=N)c1c(-c2ccc(Oc3ccccc3)cc2)nn(C2CCN(C(C)=O)C2)c1NC. The molecule has 8 heteroatoms. The first-order valence-electron chi connectivity index (χ1n) is 10.5. The summed E-state index contributed by atoms with van der Waals surface area (Å²) in [6, 6.07) is 17.2. The van der Waals surface area contributed by atoms with Gasteiger partial charge in [-0.05, 0) is 49.5 Å². The average molecular weight is 431 g/mol. The van der Waals surface area contributed by atoms with Crippen LogP contribution in [0.4, 0.5) is 5.82 Å². The number of carbonyl (C=O) groups is 1. The Morgan fingerprint density at radius 1 is 1.19 bits per heavy atom. The Morgan fingerprint density at radius 2 is 1.88 bits per heavy atom. The summed E-state index contributed by atoms with van der Waals surface area (Å²) < 4.78 is 7.76. The van der Waals surface area contributed by atoms with E-state index in [1.807, 2.05) is 64.2 Å². The Hall–Kier alpha value is -3.94. The van der Waals surface area contributed by atoms with Crippen molar-refractivity contribution in [2.75, 3.05) is 25.5 Å². The Morgan fingerprint density at radius 3 is 2.47 bits per heavy atom. The first kappa shape index (κ1) is 21.3. The lowest BCUT2D eigenvalue weighted by Crippen LogP contribution is -2.26. The van der Waals surface area contributed by atoms with Crippen LogP contribution in [0.15, 0.2) is 59.6 Å². The third-order valence-electron chi connectivity index (χ3n) is 5.60. The van der Waals surface area contributed by atoms with Crippen molar-refractivity contribution < 1.29 is 9.53 Å². The fourth-order valence-electron chi connectivity index (χ4n) is 3.98. The third kappa shape index (κ3) is 4.12. The van der Waals surface area contributed by atoms with Gasteiger partial charge in [0.15, 0.2) is 5.84 Å². The summed E-state index contributed by atoms with van der Waals surface area (Å²) in [5, 5.41) is 16.4. The predicted molar refractivity (Wildman–Crippen MR) is 126 cm³/mol. The highest BCUT2D eigenvalue weighted by Gasteiger charge is 2.31. The van der Waals surface area contributed by atoms with Crippen molar-refractivity contribution in [1.29, 1.82) is 5.41 Å². The van der Waals surface area contributed by atoms with Crippen molar-refractivity contribution >= 4 is 24.3 Å². The topological polar surface area (TPSA) is 95.6 Å². The zero-order valence-corrected chi connectivity index (χ0v) is 18.2. The van der Waals surface area contributed by atoms with Gasteiger partial charge in [-0.1, -0.05) is 18.2 Å². The number of hydrogen-bond donors (Lipinski definition) is 2. The molecule has 0 aliphatic carbocycles. The molecule has 1 unspecified atom stereocenters. The largest absolute Gasteiger partial charge is 0.457 e. The van der Waals surface area contributed by atoms with Gasteiger partial charge in [-0.2, -0.15) is 5.10 Å². The summed E-state index contributed by atoms with van der Waals surface area (Å²) in [6.45, 7) is 6.40. The molecule has 1 saturated heterocycles. The molecule has 1 amide bonds. The highest BCUT2D eigenvalue weighted by Crippen LogP contribution is 2.35. The van der Waals surface area contributed by atoms with Crippen molar-refractivity contribution in [2.24, 2.45) is 4.99 Å². The third-order valence-corrected chi connectivity index (χ3v) is 5.60. The van der Waals surface area contributed by atoms with Gasteiger partial charge in [0.1, 0.15) is 23.0 Å². The maximum atomic E-state index is 11.8. The van der Waals surface area contributed by atoms with Crippen LogP contribution in [0.25, 0.3) is 11.3 Å². The predicted octanol–water partition coefficient (Wildman–Crippen LogP) is 4.20. The number of aromatic nitrogens is 2. The summed E-state index contributed by atoms with van der Waals surface area (Å²) in [5.41, 5.74) is 2.06. The molecule has 32 heavy (non-hydrogen) atoms. The average Bonchev–Trinajstić information content (AvgIpc) is 3.45. The van der Waals surface area contributed by atoms with Gasteiger partial charge in [0, 0.05) is 32.6 Å². The number of nitrogens with zero attached hydrogens (tertiary/aromatic N) is 4. The highest BCUT2D eigenvalue weighted by molar-refractivity contribution is 6.08. The fraction of sp³-hybridized carbons (Fsp3) is 0.250. The number of hydrogen-bond acceptors (Lipinski definition) is 5. The van der Waals surface area contributed by atoms with Crippen molar-refractivity contribution in [2.45, 2.75) is 19.4 Å². The smallest absolute Gasteiger partial charge is 0.219 e. The van der Waals surface area contributed by atoms with Crippen LogP contribution in [0.1, 0.15) is 24.9 Å². The standard InChI is InChI=1S/C24H26N6O2/c1-16(31)29-14-13-18(15-29)30-24(27-3)21(23(25)26-2)22(28-30)17-9-11-20(12-10-17)32-19-7-5-4-6-8-19/h4-12,18,25,27H,2,13-15H2,1,3H3. The molecule has 1 fully saturated rings. The van der Waals surface area contributed by atoms with E-state index < -0.39 is 0 Å². The van der Waals surface area contributed by atoms with Crippen LogP contribution in [0, 0.1) is 5.41 Å². The van der Waals surface area contributed by atoms with E-state index in [2.05, 4.69) is 17.0 Å². The minimum atomic E-state index is 0.0205. The normalized spacial score (nSPS) is 15.4. The molecule has 1 aliphatic rings. The maximum absolute atomic E-state index is 11.8. The van der Waals surface area contributed by atoms with Crippen LogP contribution in [-0.4, -0.2) is 53.3 Å². The minimum Gasteiger partial charge on any atom is -0.457 e. The number of para-hydroxylation sites is 1. The van der Waals surface area contributed by atoms with Crippen molar-refractivity contribution in [3.05, 3.63) is 60.2 Å². The van der Waals surface area contributed by atoms with Crippen LogP contribution < -0.4 is 10.1 Å². The molecule has 0 saturated carbocycles. The quantitative estimate of drug-likeness (QED) is 0.452. The molecular formula is C24H26N6O2. The molecule has 4 rings (SSSR count). The molecule has 1 aliphatic heterocycles. The van der Waals surface area contributed by atoms with Crippen LogP contribution in [0.2, 0.25) is 0 Å². The fourth-order valence-corrected chi connectivity index (χ4v) is 3.98. The van der Waals surface area contributed by atoms with E-state index in [1.54, 1.807) is 14.0 Å². The molecule has 1 aromatic heterocycles. The number of carbonyl (C=O) groups excluding carboxylic acids is 1. The molecule has 1 atom stereocenters. The van der Waals surface area contributed by atoms with E-state index in [0.717, 1.165) is 17.7 Å². The zero-order valence-electron chi connectivity index (χ0n) is 18.2. The second kappa shape index (κ2) is 9.05. The van der Waals surface area contributed by atoms with Gasteiger partial charge in [0.05, 0.1) is 11.6 Å². The lowest BCUT2D eigenvalue weighted by Gasteiger charge is -2.16. The second-order valence-corrected chi connectivity index (χ2v) is 7.62. The first-order chi connectivity index (χ1) is 15.5. The number of nitrogens with one attached hydrogen (secondary N) is 2. The number of benzene rings is 2. The lowest BCUT2D eigenvalue weighted by molar-refractivity contribution is -0.127. The molecule has 164 valence electrons. The summed E-state index contributed by atoms with van der Waals surface area (Å²) >= 11 is 0. The molecule has 0 bridgehead atoms. The van der Waals surface area contributed by atoms with Crippen molar-refractivity contribution in [1.82, 2.24) is 14.7 Å². The van der Waals surface area contributed by atoms with E-state index >= 15 is 0 Å². The van der Waals surface area contributed by atoms with Gasteiger partial charge in [0.2, 0.25) is 5.91 Å². The number of anilines is 1. The minimum absolute atomic E-state index is 0.0205. The number of rotatable bonds is 6. The van der Waals surface area contributed by atoms with Gasteiger partial charge < -0.3 is 15.0 Å². The Labute approximate surface area is 187 Å². The van der Waals surface area contributed by atoms with E-state index in [4.69, 9.17) is 15.2 Å². The maximum Gasteiger partial charge on any atom is 0.219 e. The Kier molecular flexibility index (Phi) is 6.02. The van der Waals surface area contributed by atoms with Crippen LogP contribution >= 0.6 is 0 Å². The van der Waals surface area contributed by atoms with E-state index in [1.165, 1.54) is 0 Å². The molecule has 0 radical (unpaired) electrons. The molecular weight excluding hydrogens is 404 g/mol. The summed E-state index contributed by atoms with van der Waals surface area (Å²) in [7, 11) is 1.80. The van der Waals surface area contributed by atoms with Crippen LogP contribution in [0.5, 0.6) is 11.5 Å².